The molecular formula is C24H28N2OS. The maximum atomic E-state index is 11.9. The summed E-state index contributed by atoms with van der Waals surface area (Å²) in [7, 11) is -0.879. The second-order valence-electron chi connectivity index (χ2n) is 7.52. The Hall–Kier alpha value is -2.17. The van der Waals surface area contributed by atoms with Crippen molar-refractivity contribution in [3.63, 3.8) is 0 Å². The number of hydrogen-bond acceptors (Lipinski definition) is 3. The van der Waals surface area contributed by atoms with Gasteiger partial charge in [0.1, 0.15) is 0 Å². The molecule has 28 heavy (non-hydrogen) atoms. The highest BCUT2D eigenvalue weighted by Crippen LogP contribution is 2.27. The number of nitrogens with zero attached hydrogens (tertiary/aromatic N) is 1. The van der Waals surface area contributed by atoms with Crippen LogP contribution in [0.15, 0.2) is 71.6 Å². The molecule has 0 saturated carbocycles. The Labute approximate surface area is 170 Å². The van der Waals surface area contributed by atoms with Crippen molar-refractivity contribution >= 4 is 27.3 Å². The number of benzene rings is 3. The molecule has 3 aromatic rings. The van der Waals surface area contributed by atoms with Gasteiger partial charge >= 0.3 is 0 Å². The molecule has 1 N–H and O–H groups in total. The molecule has 0 aromatic heterocycles. The fourth-order valence-corrected chi connectivity index (χ4v) is 4.95. The standard InChI is InChI=1S/C24H28N2OS/c1-3-28(27)22-13-11-21(12-14-22)26-16-15-20(17-26)25-18(2)23-10-6-8-19-7-4-5-9-24(19)23/h4-14,18,20,25H,3,15-17H2,1-2H3/t18-,20+,28?/m1/s1. The lowest BCUT2D eigenvalue weighted by Gasteiger charge is -2.23. The maximum Gasteiger partial charge on any atom is 0.0526 e. The van der Waals surface area contributed by atoms with Gasteiger partial charge in [0.25, 0.3) is 0 Å². The third-order valence-corrected chi connectivity index (χ3v) is 7.01. The molecule has 0 aliphatic carbocycles. The van der Waals surface area contributed by atoms with Gasteiger partial charge < -0.3 is 10.2 Å². The molecule has 1 heterocycles. The maximum absolute atomic E-state index is 11.9. The van der Waals surface area contributed by atoms with E-state index in [0.717, 1.165) is 24.4 Å². The van der Waals surface area contributed by atoms with Crippen molar-refractivity contribution in [2.45, 2.75) is 37.2 Å². The third kappa shape index (κ3) is 3.98. The Morgan fingerprint density at radius 1 is 1.07 bits per heavy atom. The second-order valence-corrected chi connectivity index (χ2v) is 9.26. The van der Waals surface area contributed by atoms with Crippen LogP contribution in [0.25, 0.3) is 10.8 Å². The van der Waals surface area contributed by atoms with Crippen LogP contribution in [0.2, 0.25) is 0 Å². The number of fused-ring (bicyclic) bond motifs is 1. The summed E-state index contributed by atoms with van der Waals surface area (Å²) < 4.78 is 11.9. The van der Waals surface area contributed by atoms with Gasteiger partial charge in [0, 0.05) is 41.5 Å². The molecule has 3 aromatic carbocycles. The van der Waals surface area contributed by atoms with Crippen molar-refractivity contribution in [3.05, 3.63) is 72.3 Å². The third-order valence-electron chi connectivity index (χ3n) is 5.69. The lowest BCUT2D eigenvalue weighted by Crippen LogP contribution is -2.34. The van der Waals surface area contributed by atoms with Crippen LogP contribution in [0.3, 0.4) is 0 Å². The summed E-state index contributed by atoms with van der Waals surface area (Å²) in [6.45, 7) is 6.28. The SMILES string of the molecule is CCS(=O)c1ccc(N2CC[C@H](N[C@H](C)c3cccc4ccccc34)C2)cc1. The van der Waals surface area contributed by atoms with E-state index in [2.05, 4.69) is 71.7 Å². The number of anilines is 1. The van der Waals surface area contributed by atoms with E-state index in [1.165, 1.54) is 22.0 Å². The summed E-state index contributed by atoms with van der Waals surface area (Å²) >= 11 is 0. The minimum atomic E-state index is -0.879. The average molecular weight is 393 g/mol. The number of rotatable bonds is 6. The van der Waals surface area contributed by atoms with Gasteiger partial charge in [-0.1, -0.05) is 49.4 Å². The van der Waals surface area contributed by atoms with Crippen LogP contribution in [0, 0.1) is 0 Å². The number of hydrogen-bond donors (Lipinski definition) is 1. The molecule has 0 bridgehead atoms. The van der Waals surface area contributed by atoms with E-state index >= 15 is 0 Å². The predicted octanol–water partition coefficient (Wildman–Crippen LogP) is 4.90. The quantitative estimate of drug-likeness (QED) is 0.648. The second kappa shape index (κ2) is 8.46. The van der Waals surface area contributed by atoms with E-state index in [9.17, 15) is 4.21 Å². The molecule has 0 amide bonds. The molecule has 1 saturated heterocycles. The highest BCUT2D eigenvalue weighted by atomic mass is 32.2. The van der Waals surface area contributed by atoms with Gasteiger partial charge in [-0.15, -0.1) is 0 Å². The Morgan fingerprint density at radius 3 is 2.61 bits per heavy atom. The Kier molecular flexibility index (Phi) is 5.79. The monoisotopic (exact) mass is 392 g/mol. The zero-order valence-electron chi connectivity index (χ0n) is 16.6. The topological polar surface area (TPSA) is 32.3 Å². The van der Waals surface area contributed by atoms with E-state index in [0.29, 0.717) is 17.8 Å². The van der Waals surface area contributed by atoms with Crippen LogP contribution >= 0.6 is 0 Å². The fraction of sp³-hybridized carbons (Fsp3) is 0.333. The Bertz CT molecular complexity index is 965. The molecule has 1 aliphatic rings. The highest BCUT2D eigenvalue weighted by Gasteiger charge is 2.24. The van der Waals surface area contributed by atoms with Gasteiger partial charge in [0.15, 0.2) is 0 Å². The Morgan fingerprint density at radius 2 is 1.82 bits per heavy atom. The van der Waals surface area contributed by atoms with Gasteiger partial charge in [-0.05, 0) is 53.9 Å². The first-order chi connectivity index (χ1) is 13.7. The lowest BCUT2D eigenvalue weighted by molar-refractivity contribution is 0.483. The number of nitrogens with one attached hydrogen (secondary N) is 1. The van der Waals surface area contributed by atoms with Crippen molar-refractivity contribution in [1.82, 2.24) is 5.32 Å². The van der Waals surface area contributed by atoms with E-state index in [1.54, 1.807) is 0 Å². The van der Waals surface area contributed by atoms with E-state index in [1.807, 2.05) is 19.1 Å². The van der Waals surface area contributed by atoms with Crippen LogP contribution in [0.1, 0.15) is 31.9 Å². The molecule has 3 nitrogen and oxygen atoms in total. The minimum absolute atomic E-state index is 0.311. The summed E-state index contributed by atoms with van der Waals surface area (Å²) in [5.41, 5.74) is 2.59. The van der Waals surface area contributed by atoms with Crippen LogP contribution < -0.4 is 10.2 Å². The first-order valence-electron chi connectivity index (χ1n) is 10.1. The minimum Gasteiger partial charge on any atom is -0.370 e. The molecule has 1 fully saturated rings. The summed E-state index contributed by atoms with van der Waals surface area (Å²) in [4.78, 5) is 3.34. The summed E-state index contributed by atoms with van der Waals surface area (Å²) in [5.74, 6) is 0.668. The average Bonchev–Trinajstić information content (AvgIpc) is 3.21. The molecule has 4 rings (SSSR count). The lowest BCUT2D eigenvalue weighted by atomic mass is 9.99. The van der Waals surface area contributed by atoms with Gasteiger partial charge in [-0.25, -0.2) is 0 Å². The van der Waals surface area contributed by atoms with Crippen LogP contribution in [0.4, 0.5) is 5.69 Å². The molecule has 0 radical (unpaired) electrons. The van der Waals surface area contributed by atoms with Crippen LogP contribution in [-0.2, 0) is 10.8 Å². The van der Waals surface area contributed by atoms with Crippen LogP contribution in [0.5, 0.6) is 0 Å². The smallest absolute Gasteiger partial charge is 0.0526 e. The van der Waals surface area contributed by atoms with E-state index in [4.69, 9.17) is 0 Å². The van der Waals surface area contributed by atoms with Crippen molar-refractivity contribution < 1.29 is 4.21 Å². The van der Waals surface area contributed by atoms with Crippen molar-refractivity contribution in [2.24, 2.45) is 0 Å². The largest absolute Gasteiger partial charge is 0.370 e. The first-order valence-corrected chi connectivity index (χ1v) is 11.4. The summed E-state index contributed by atoms with van der Waals surface area (Å²) in [6.07, 6.45) is 1.14. The van der Waals surface area contributed by atoms with Crippen molar-refractivity contribution in [3.8, 4) is 0 Å². The van der Waals surface area contributed by atoms with Gasteiger partial charge in [-0.3, -0.25) is 4.21 Å². The van der Waals surface area contributed by atoms with E-state index in [-0.39, 0.29) is 0 Å². The van der Waals surface area contributed by atoms with Crippen molar-refractivity contribution in [2.75, 3.05) is 23.7 Å². The van der Waals surface area contributed by atoms with Gasteiger partial charge in [0.2, 0.25) is 0 Å². The zero-order valence-corrected chi connectivity index (χ0v) is 17.4. The molecule has 1 unspecified atom stereocenters. The molecule has 3 atom stereocenters. The van der Waals surface area contributed by atoms with Gasteiger partial charge in [0.05, 0.1) is 10.8 Å². The van der Waals surface area contributed by atoms with Crippen molar-refractivity contribution in [1.29, 1.82) is 0 Å². The molecule has 146 valence electrons. The fourth-order valence-electron chi connectivity index (χ4n) is 4.18. The molecule has 4 heteroatoms. The Balaban J connectivity index is 1.42. The van der Waals surface area contributed by atoms with Crippen LogP contribution in [-0.4, -0.2) is 29.1 Å². The zero-order chi connectivity index (χ0) is 19.5. The predicted molar refractivity (Wildman–Crippen MR) is 120 cm³/mol. The first kappa shape index (κ1) is 19.2. The normalized spacial score (nSPS) is 19.1. The molecule has 1 aliphatic heterocycles. The van der Waals surface area contributed by atoms with E-state index < -0.39 is 10.8 Å². The van der Waals surface area contributed by atoms with Gasteiger partial charge in [-0.2, -0.15) is 0 Å². The summed E-state index contributed by atoms with van der Waals surface area (Å²) in [6, 6.07) is 24.2. The summed E-state index contributed by atoms with van der Waals surface area (Å²) in [5, 5.41) is 6.47. The molecular weight excluding hydrogens is 364 g/mol. The molecule has 0 spiro atoms. The highest BCUT2D eigenvalue weighted by molar-refractivity contribution is 7.85.